The highest BCUT2D eigenvalue weighted by Crippen LogP contribution is 2.36. The molecule has 142 valence electrons. The minimum atomic E-state index is -0.529. The van der Waals surface area contributed by atoms with Crippen molar-refractivity contribution in [3.8, 4) is 5.69 Å². The number of hydrogen-bond acceptors (Lipinski definition) is 5. The molecule has 6 nitrogen and oxygen atoms in total. The topological polar surface area (TPSA) is 66.8 Å². The Morgan fingerprint density at radius 1 is 1.11 bits per heavy atom. The van der Waals surface area contributed by atoms with Crippen LogP contribution < -0.4 is 11.0 Å². The van der Waals surface area contributed by atoms with E-state index < -0.39 is 24.3 Å². The largest absolute Gasteiger partial charge is 0.494 e. The number of carbonyl (C=O) groups is 1. The first-order valence-electron chi connectivity index (χ1n) is 9.00. The standard InChI is InChI=1S/C20H24BNO5/c1-6-25-18(24)14-10-11-17(23)22(13-14)16-9-7-8-15(12-16)21-26-19(2,3)20(4,5)27-21/h7-13H,6H2,1-5H3. The van der Waals surface area contributed by atoms with Crippen molar-refractivity contribution >= 4 is 18.6 Å². The van der Waals surface area contributed by atoms with Gasteiger partial charge in [0.25, 0.3) is 5.56 Å². The van der Waals surface area contributed by atoms with E-state index in [0.717, 1.165) is 5.46 Å². The number of carbonyl (C=O) groups excluding carboxylic acids is 1. The van der Waals surface area contributed by atoms with Gasteiger partial charge in [-0.2, -0.15) is 0 Å². The molecule has 0 unspecified atom stereocenters. The Morgan fingerprint density at radius 2 is 1.78 bits per heavy atom. The van der Waals surface area contributed by atoms with Crippen LogP contribution in [0.5, 0.6) is 0 Å². The molecule has 0 aliphatic carbocycles. The summed E-state index contributed by atoms with van der Waals surface area (Å²) in [5, 5.41) is 0. The first kappa shape index (κ1) is 19.4. The van der Waals surface area contributed by atoms with E-state index in [0.29, 0.717) is 11.3 Å². The molecule has 0 N–H and O–H groups in total. The first-order chi connectivity index (χ1) is 12.6. The predicted octanol–water partition coefficient (Wildman–Crippen LogP) is 2.31. The van der Waals surface area contributed by atoms with Crippen molar-refractivity contribution in [3.05, 3.63) is 58.5 Å². The average Bonchev–Trinajstić information content (AvgIpc) is 2.83. The number of esters is 1. The molecule has 1 aliphatic rings. The van der Waals surface area contributed by atoms with Crippen LogP contribution in [0.4, 0.5) is 0 Å². The molecule has 0 radical (unpaired) electrons. The normalized spacial score (nSPS) is 17.7. The van der Waals surface area contributed by atoms with Crippen LogP contribution in [0.2, 0.25) is 0 Å². The monoisotopic (exact) mass is 369 g/mol. The Kier molecular flexibility index (Phi) is 5.01. The maximum absolute atomic E-state index is 12.3. The zero-order chi connectivity index (χ0) is 19.8. The van der Waals surface area contributed by atoms with Crippen LogP contribution in [-0.4, -0.2) is 35.5 Å². The number of ether oxygens (including phenoxy) is 1. The van der Waals surface area contributed by atoms with Gasteiger partial charge in [0, 0.05) is 18.0 Å². The molecular weight excluding hydrogens is 345 g/mol. The molecule has 0 spiro atoms. The van der Waals surface area contributed by atoms with Crippen LogP contribution in [0.15, 0.2) is 47.4 Å². The number of aromatic nitrogens is 1. The fourth-order valence-corrected chi connectivity index (χ4v) is 2.82. The predicted molar refractivity (Wildman–Crippen MR) is 104 cm³/mol. The lowest BCUT2D eigenvalue weighted by Crippen LogP contribution is -2.41. The molecule has 0 amide bonds. The molecular formula is C20H24BNO5. The molecule has 1 aromatic heterocycles. The maximum Gasteiger partial charge on any atom is 0.494 e. The van der Waals surface area contributed by atoms with Crippen molar-refractivity contribution in [2.45, 2.75) is 45.8 Å². The SMILES string of the molecule is CCOC(=O)c1ccc(=O)n(-c2cccc(B3OC(C)(C)C(C)(C)O3)c2)c1. The van der Waals surface area contributed by atoms with Gasteiger partial charge in [0.05, 0.1) is 23.4 Å². The van der Waals surface area contributed by atoms with Crippen molar-refractivity contribution in [3.63, 3.8) is 0 Å². The fraction of sp³-hybridized carbons (Fsp3) is 0.400. The van der Waals surface area contributed by atoms with E-state index in [2.05, 4.69) is 0 Å². The number of benzene rings is 1. The third-order valence-corrected chi connectivity index (χ3v) is 5.10. The number of pyridine rings is 1. The molecule has 0 bridgehead atoms. The van der Waals surface area contributed by atoms with Crippen LogP contribution in [-0.2, 0) is 14.0 Å². The summed E-state index contributed by atoms with van der Waals surface area (Å²) in [5.41, 5.74) is 0.604. The van der Waals surface area contributed by atoms with Crippen LogP contribution in [0, 0.1) is 0 Å². The minimum Gasteiger partial charge on any atom is -0.462 e. The minimum absolute atomic E-state index is 0.242. The molecule has 1 saturated heterocycles. The van der Waals surface area contributed by atoms with Gasteiger partial charge in [-0.15, -0.1) is 0 Å². The van der Waals surface area contributed by atoms with E-state index in [1.807, 2.05) is 45.9 Å². The summed E-state index contributed by atoms with van der Waals surface area (Å²) in [6.07, 6.45) is 1.49. The second-order valence-electron chi connectivity index (χ2n) is 7.53. The van der Waals surface area contributed by atoms with E-state index in [1.54, 1.807) is 13.0 Å². The van der Waals surface area contributed by atoms with E-state index in [1.165, 1.54) is 22.9 Å². The van der Waals surface area contributed by atoms with Gasteiger partial charge in [0.15, 0.2) is 0 Å². The molecule has 3 rings (SSSR count). The molecule has 1 aliphatic heterocycles. The Bertz CT molecular complexity index is 903. The summed E-state index contributed by atoms with van der Waals surface area (Å²) in [4.78, 5) is 24.3. The number of rotatable bonds is 4. The molecule has 1 aromatic carbocycles. The molecule has 0 saturated carbocycles. The Balaban J connectivity index is 1.96. The average molecular weight is 369 g/mol. The Hall–Kier alpha value is -2.38. The number of hydrogen-bond donors (Lipinski definition) is 0. The first-order valence-corrected chi connectivity index (χ1v) is 9.00. The summed E-state index contributed by atoms with van der Waals surface area (Å²) in [6.45, 7) is 9.97. The van der Waals surface area contributed by atoms with Gasteiger partial charge < -0.3 is 14.0 Å². The van der Waals surface area contributed by atoms with Crippen molar-refractivity contribution in [2.75, 3.05) is 6.61 Å². The van der Waals surface area contributed by atoms with Gasteiger partial charge in [-0.25, -0.2) is 4.79 Å². The van der Waals surface area contributed by atoms with E-state index >= 15 is 0 Å². The zero-order valence-electron chi connectivity index (χ0n) is 16.3. The van der Waals surface area contributed by atoms with Crippen molar-refractivity contribution in [1.82, 2.24) is 4.57 Å². The van der Waals surface area contributed by atoms with Crippen LogP contribution in [0.3, 0.4) is 0 Å². The molecule has 2 heterocycles. The summed E-state index contributed by atoms with van der Waals surface area (Å²) in [7, 11) is -0.529. The van der Waals surface area contributed by atoms with Gasteiger partial charge in [-0.3, -0.25) is 9.36 Å². The Morgan fingerprint density at radius 3 is 2.41 bits per heavy atom. The smallest absolute Gasteiger partial charge is 0.462 e. The van der Waals surface area contributed by atoms with Gasteiger partial charge >= 0.3 is 13.1 Å². The molecule has 27 heavy (non-hydrogen) atoms. The lowest BCUT2D eigenvalue weighted by molar-refractivity contribution is 0.00578. The summed E-state index contributed by atoms with van der Waals surface area (Å²) < 4.78 is 18.6. The molecule has 2 aromatic rings. The quantitative estimate of drug-likeness (QED) is 0.611. The van der Waals surface area contributed by atoms with E-state index in [-0.39, 0.29) is 12.2 Å². The zero-order valence-corrected chi connectivity index (χ0v) is 16.3. The van der Waals surface area contributed by atoms with Crippen LogP contribution >= 0.6 is 0 Å². The van der Waals surface area contributed by atoms with Gasteiger partial charge in [-0.1, -0.05) is 12.1 Å². The van der Waals surface area contributed by atoms with Crippen molar-refractivity contribution in [2.24, 2.45) is 0 Å². The highest BCUT2D eigenvalue weighted by molar-refractivity contribution is 6.62. The highest BCUT2D eigenvalue weighted by atomic mass is 16.7. The summed E-state index contributed by atoms with van der Waals surface area (Å²) in [5.74, 6) is -0.464. The highest BCUT2D eigenvalue weighted by Gasteiger charge is 2.51. The molecule has 7 heteroatoms. The lowest BCUT2D eigenvalue weighted by atomic mass is 9.79. The van der Waals surface area contributed by atoms with E-state index in [4.69, 9.17) is 14.0 Å². The van der Waals surface area contributed by atoms with E-state index in [9.17, 15) is 9.59 Å². The number of nitrogens with zero attached hydrogens (tertiary/aromatic N) is 1. The Labute approximate surface area is 159 Å². The third kappa shape index (κ3) is 3.70. The maximum atomic E-state index is 12.3. The second kappa shape index (κ2) is 6.98. The fourth-order valence-electron chi connectivity index (χ4n) is 2.82. The van der Waals surface area contributed by atoms with Gasteiger partial charge in [0.2, 0.25) is 0 Å². The second-order valence-corrected chi connectivity index (χ2v) is 7.53. The van der Waals surface area contributed by atoms with Crippen molar-refractivity contribution < 1.29 is 18.8 Å². The molecule has 1 fully saturated rings. The summed E-state index contributed by atoms with van der Waals surface area (Å²) >= 11 is 0. The van der Waals surface area contributed by atoms with Crippen LogP contribution in [0.25, 0.3) is 5.69 Å². The lowest BCUT2D eigenvalue weighted by Gasteiger charge is -2.32. The van der Waals surface area contributed by atoms with Crippen molar-refractivity contribution in [1.29, 1.82) is 0 Å². The summed E-state index contributed by atoms with van der Waals surface area (Å²) in [6, 6.07) is 10.2. The van der Waals surface area contributed by atoms with Gasteiger partial charge in [0.1, 0.15) is 0 Å². The third-order valence-electron chi connectivity index (χ3n) is 5.10. The molecule has 0 atom stereocenters. The van der Waals surface area contributed by atoms with Crippen LogP contribution in [0.1, 0.15) is 45.0 Å². The van der Waals surface area contributed by atoms with Gasteiger partial charge in [-0.05, 0) is 58.3 Å².